The Balaban J connectivity index is 2.73. The van der Waals surface area contributed by atoms with Gasteiger partial charge in [0.2, 0.25) is 5.82 Å². The van der Waals surface area contributed by atoms with E-state index in [0.717, 1.165) is 0 Å². The Hall–Kier alpha value is -1.85. The molecule has 0 bridgehead atoms. The third-order valence-electron chi connectivity index (χ3n) is 1.89. The SMILES string of the molecule is Nc1nc(C(F)(F)F)nc2ccccc12. The molecule has 0 aliphatic rings. The first-order valence-corrected chi connectivity index (χ1v) is 4.08. The van der Waals surface area contributed by atoms with Crippen molar-refractivity contribution < 1.29 is 13.2 Å². The molecule has 0 fully saturated rings. The summed E-state index contributed by atoms with van der Waals surface area (Å²) in [5.41, 5.74) is 5.59. The molecule has 0 aliphatic carbocycles. The van der Waals surface area contributed by atoms with Crippen LogP contribution in [0.3, 0.4) is 0 Å². The molecule has 0 saturated heterocycles. The van der Waals surface area contributed by atoms with Crippen LogP contribution in [-0.4, -0.2) is 9.97 Å². The zero-order valence-corrected chi connectivity index (χ0v) is 7.42. The van der Waals surface area contributed by atoms with Crippen LogP contribution in [0.2, 0.25) is 0 Å². The van der Waals surface area contributed by atoms with Crippen molar-refractivity contribution in [2.75, 3.05) is 5.73 Å². The van der Waals surface area contributed by atoms with Crippen molar-refractivity contribution in [3.05, 3.63) is 30.1 Å². The minimum Gasteiger partial charge on any atom is -0.383 e. The largest absolute Gasteiger partial charge is 0.451 e. The van der Waals surface area contributed by atoms with Crippen LogP contribution in [0, 0.1) is 0 Å². The second-order valence-electron chi connectivity index (χ2n) is 2.95. The Morgan fingerprint density at radius 3 is 2.40 bits per heavy atom. The van der Waals surface area contributed by atoms with Gasteiger partial charge in [0.15, 0.2) is 0 Å². The molecule has 0 amide bonds. The van der Waals surface area contributed by atoms with Crippen molar-refractivity contribution >= 4 is 16.7 Å². The highest BCUT2D eigenvalue weighted by Crippen LogP contribution is 2.28. The standard InChI is InChI=1S/C9H6F3N3/c10-9(11,12)8-14-6-4-2-1-3-5(6)7(13)15-8/h1-4H,(H2,13,14,15). The second-order valence-corrected chi connectivity index (χ2v) is 2.95. The summed E-state index contributed by atoms with van der Waals surface area (Å²) in [6.07, 6.45) is -4.57. The number of aromatic nitrogens is 2. The van der Waals surface area contributed by atoms with Crippen molar-refractivity contribution in [1.29, 1.82) is 0 Å². The summed E-state index contributed by atoms with van der Waals surface area (Å²) < 4.78 is 36.9. The molecule has 0 spiro atoms. The summed E-state index contributed by atoms with van der Waals surface area (Å²) in [7, 11) is 0. The highest BCUT2D eigenvalue weighted by atomic mass is 19.4. The quantitative estimate of drug-likeness (QED) is 0.730. The number of nitrogen functional groups attached to an aromatic ring is 1. The zero-order chi connectivity index (χ0) is 11.1. The van der Waals surface area contributed by atoms with Crippen LogP contribution >= 0.6 is 0 Å². The third kappa shape index (κ3) is 1.70. The number of hydrogen-bond acceptors (Lipinski definition) is 3. The van der Waals surface area contributed by atoms with Crippen molar-refractivity contribution in [1.82, 2.24) is 9.97 Å². The number of fused-ring (bicyclic) bond motifs is 1. The van der Waals surface area contributed by atoms with E-state index in [9.17, 15) is 13.2 Å². The first-order valence-electron chi connectivity index (χ1n) is 4.08. The third-order valence-corrected chi connectivity index (χ3v) is 1.89. The van der Waals surface area contributed by atoms with E-state index in [1.807, 2.05) is 0 Å². The first-order chi connectivity index (χ1) is 6.98. The number of para-hydroxylation sites is 1. The summed E-state index contributed by atoms with van der Waals surface area (Å²) in [5, 5.41) is 0.422. The molecule has 3 nitrogen and oxygen atoms in total. The van der Waals surface area contributed by atoms with Crippen molar-refractivity contribution in [3.63, 3.8) is 0 Å². The van der Waals surface area contributed by atoms with Gasteiger partial charge < -0.3 is 5.73 Å². The number of rotatable bonds is 0. The second kappa shape index (κ2) is 3.08. The maximum atomic E-state index is 12.3. The van der Waals surface area contributed by atoms with Gasteiger partial charge in [-0.2, -0.15) is 13.2 Å². The van der Waals surface area contributed by atoms with Crippen LogP contribution in [0.1, 0.15) is 5.82 Å². The van der Waals surface area contributed by atoms with Crippen LogP contribution in [-0.2, 0) is 6.18 Å². The van der Waals surface area contributed by atoms with E-state index in [1.165, 1.54) is 6.07 Å². The minimum atomic E-state index is -4.57. The van der Waals surface area contributed by atoms with Gasteiger partial charge in [0.1, 0.15) is 5.82 Å². The number of alkyl halides is 3. The molecule has 2 rings (SSSR count). The molecule has 78 valence electrons. The van der Waals surface area contributed by atoms with Crippen molar-refractivity contribution in [2.45, 2.75) is 6.18 Å². The van der Waals surface area contributed by atoms with Crippen LogP contribution < -0.4 is 5.73 Å². The van der Waals surface area contributed by atoms with Crippen LogP contribution in [0.15, 0.2) is 24.3 Å². The fourth-order valence-electron chi connectivity index (χ4n) is 1.23. The lowest BCUT2D eigenvalue weighted by Crippen LogP contribution is -2.12. The summed E-state index contributed by atoms with van der Waals surface area (Å²) >= 11 is 0. The van der Waals surface area contributed by atoms with Crippen LogP contribution in [0.5, 0.6) is 0 Å². The Kier molecular flexibility index (Phi) is 1.99. The molecule has 2 aromatic rings. The van der Waals surface area contributed by atoms with E-state index in [-0.39, 0.29) is 11.3 Å². The van der Waals surface area contributed by atoms with Crippen LogP contribution in [0.4, 0.5) is 19.0 Å². The van der Waals surface area contributed by atoms with E-state index in [0.29, 0.717) is 5.39 Å². The van der Waals surface area contributed by atoms with Gasteiger partial charge in [-0.3, -0.25) is 0 Å². The summed E-state index contributed by atoms with van der Waals surface area (Å²) in [6.45, 7) is 0. The molecule has 1 aromatic carbocycles. The van der Waals surface area contributed by atoms with E-state index in [4.69, 9.17) is 5.73 Å². The summed E-state index contributed by atoms with van der Waals surface area (Å²) in [6, 6.07) is 6.29. The fourth-order valence-corrected chi connectivity index (χ4v) is 1.23. The smallest absolute Gasteiger partial charge is 0.383 e. The summed E-state index contributed by atoms with van der Waals surface area (Å²) in [4.78, 5) is 6.61. The number of benzene rings is 1. The van der Waals surface area contributed by atoms with Gasteiger partial charge in [0.05, 0.1) is 5.52 Å². The summed E-state index contributed by atoms with van der Waals surface area (Å²) in [5.74, 6) is -1.37. The molecule has 0 atom stereocenters. The van der Waals surface area contributed by atoms with Gasteiger partial charge in [0.25, 0.3) is 0 Å². The van der Waals surface area contributed by atoms with Crippen LogP contribution in [0.25, 0.3) is 10.9 Å². The Morgan fingerprint density at radius 2 is 1.73 bits per heavy atom. The number of halogens is 3. The fraction of sp³-hybridized carbons (Fsp3) is 0.111. The molecule has 2 N–H and O–H groups in total. The lowest BCUT2D eigenvalue weighted by molar-refractivity contribution is -0.144. The number of hydrogen-bond donors (Lipinski definition) is 1. The highest BCUT2D eigenvalue weighted by molar-refractivity contribution is 5.87. The number of anilines is 1. The molecule has 15 heavy (non-hydrogen) atoms. The number of nitrogens with zero attached hydrogens (tertiary/aromatic N) is 2. The van der Waals surface area contributed by atoms with Gasteiger partial charge in [-0.1, -0.05) is 12.1 Å². The Labute approximate surface area is 82.8 Å². The molecule has 1 aromatic heterocycles. The minimum absolute atomic E-state index is 0.159. The number of nitrogens with two attached hydrogens (primary N) is 1. The molecule has 0 aliphatic heterocycles. The average molecular weight is 213 g/mol. The maximum absolute atomic E-state index is 12.3. The molecule has 6 heteroatoms. The van der Waals surface area contributed by atoms with E-state index in [2.05, 4.69) is 9.97 Å². The van der Waals surface area contributed by atoms with Gasteiger partial charge in [-0.15, -0.1) is 0 Å². The lowest BCUT2D eigenvalue weighted by atomic mass is 10.2. The molecule has 0 saturated carbocycles. The molecular weight excluding hydrogens is 207 g/mol. The molecular formula is C9H6F3N3. The lowest BCUT2D eigenvalue weighted by Gasteiger charge is -2.07. The Morgan fingerprint density at radius 1 is 1.07 bits per heavy atom. The predicted molar refractivity (Wildman–Crippen MR) is 49.0 cm³/mol. The zero-order valence-electron chi connectivity index (χ0n) is 7.42. The normalized spacial score (nSPS) is 11.9. The average Bonchev–Trinajstić information content (AvgIpc) is 2.16. The van der Waals surface area contributed by atoms with E-state index in [1.54, 1.807) is 18.2 Å². The first kappa shape index (κ1) is 9.70. The van der Waals surface area contributed by atoms with Gasteiger partial charge in [-0.25, -0.2) is 9.97 Å². The highest BCUT2D eigenvalue weighted by Gasteiger charge is 2.35. The predicted octanol–water partition coefficient (Wildman–Crippen LogP) is 2.23. The van der Waals surface area contributed by atoms with Gasteiger partial charge >= 0.3 is 6.18 Å². The molecule has 0 unspecified atom stereocenters. The molecule has 0 radical (unpaired) electrons. The maximum Gasteiger partial charge on any atom is 0.451 e. The van der Waals surface area contributed by atoms with Gasteiger partial charge in [0, 0.05) is 5.39 Å². The van der Waals surface area contributed by atoms with Gasteiger partial charge in [-0.05, 0) is 12.1 Å². The topological polar surface area (TPSA) is 51.8 Å². The van der Waals surface area contributed by atoms with Crippen molar-refractivity contribution in [3.8, 4) is 0 Å². The molecule has 1 heterocycles. The van der Waals surface area contributed by atoms with E-state index < -0.39 is 12.0 Å². The van der Waals surface area contributed by atoms with E-state index >= 15 is 0 Å². The van der Waals surface area contributed by atoms with Crippen molar-refractivity contribution in [2.24, 2.45) is 0 Å². The Bertz CT molecular complexity index is 507. The monoisotopic (exact) mass is 213 g/mol.